The molecular formula is C16H17NO2. The molecule has 98 valence electrons. The van der Waals surface area contributed by atoms with Crippen molar-refractivity contribution in [2.75, 3.05) is 7.11 Å². The van der Waals surface area contributed by atoms with E-state index in [4.69, 9.17) is 4.74 Å². The molecule has 0 aliphatic heterocycles. The Morgan fingerprint density at radius 3 is 2.42 bits per heavy atom. The van der Waals surface area contributed by atoms with Gasteiger partial charge in [-0.15, -0.1) is 0 Å². The molecule has 1 atom stereocenters. The second-order valence-corrected chi connectivity index (χ2v) is 4.17. The number of nitrogens with zero attached hydrogens (tertiary/aromatic N) is 1. The van der Waals surface area contributed by atoms with E-state index in [1.54, 1.807) is 13.3 Å². The average Bonchev–Trinajstić information content (AvgIpc) is 2.48. The van der Waals surface area contributed by atoms with E-state index in [-0.39, 0.29) is 0 Å². The molecule has 3 heteroatoms. The number of hydrogen-bond donors (Lipinski definition) is 1. The Hall–Kier alpha value is -2.13. The Balaban J connectivity index is 1.93. The molecule has 0 saturated heterocycles. The predicted octanol–water partition coefficient (Wildman–Crippen LogP) is 3.52. The van der Waals surface area contributed by atoms with Gasteiger partial charge < -0.3 is 9.84 Å². The third kappa shape index (κ3) is 3.93. The van der Waals surface area contributed by atoms with Crippen molar-refractivity contribution in [3.8, 4) is 5.75 Å². The largest absolute Gasteiger partial charge is 0.497 e. The summed E-state index contributed by atoms with van der Waals surface area (Å²) in [6, 6.07) is 17.1. The molecule has 3 nitrogen and oxygen atoms in total. The zero-order valence-corrected chi connectivity index (χ0v) is 10.9. The molecule has 1 N–H and O–H groups in total. The van der Waals surface area contributed by atoms with Gasteiger partial charge in [0, 0.05) is 12.6 Å². The lowest BCUT2D eigenvalue weighted by Gasteiger charge is -2.08. The van der Waals surface area contributed by atoms with E-state index in [1.165, 1.54) is 0 Å². The van der Waals surface area contributed by atoms with Gasteiger partial charge in [0.2, 0.25) is 0 Å². The first kappa shape index (κ1) is 13.3. The Morgan fingerprint density at radius 2 is 1.79 bits per heavy atom. The lowest BCUT2D eigenvalue weighted by Crippen LogP contribution is -1.97. The molecule has 0 spiro atoms. The molecule has 0 fully saturated rings. The van der Waals surface area contributed by atoms with Gasteiger partial charge >= 0.3 is 0 Å². The molecule has 0 aliphatic rings. The van der Waals surface area contributed by atoms with Crippen LogP contribution in [-0.2, 0) is 0 Å². The molecule has 0 aromatic heterocycles. The Bertz CT molecular complexity index is 520. The molecule has 2 rings (SSSR count). The number of ether oxygens (including phenoxy) is 1. The Labute approximate surface area is 113 Å². The topological polar surface area (TPSA) is 41.8 Å². The van der Waals surface area contributed by atoms with Gasteiger partial charge in [-0.25, -0.2) is 0 Å². The van der Waals surface area contributed by atoms with E-state index in [1.807, 2.05) is 54.6 Å². The van der Waals surface area contributed by atoms with Crippen LogP contribution in [0, 0.1) is 0 Å². The van der Waals surface area contributed by atoms with E-state index in [0.29, 0.717) is 6.42 Å². The van der Waals surface area contributed by atoms with Crippen LogP contribution < -0.4 is 4.74 Å². The first-order valence-corrected chi connectivity index (χ1v) is 6.19. The van der Waals surface area contributed by atoms with Gasteiger partial charge in [-0.05, 0) is 29.8 Å². The van der Waals surface area contributed by atoms with E-state index in [9.17, 15) is 5.11 Å². The third-order valence-corrected chi connectivity index (χ3v) is 2.83. The highest BCUT2D eigenvalue weighted by atomic mass is 16.5. The predicted molar refractivity (Wildman–Crippen MR) is 77.2 cm³/mol. The molecule has 2 aromatic rings. The quantitative estimate of drug-likeness (QED) is 0.830. The number of aliphatic imine (C=N–C) groups is 1. The molecule has 19 heavy (non-hydrogen) atoms. The normalized spacial score (nSPS) is 12.5. The van der Waals surface area contributed by atoms with Gasteiger partial charge in [-0.1, -0.05) is 30.3 Å². The SMILES string of the molecule is COc1ccc(C(O)CC=Nc2ccccc2)cc1. The summed E-state index contributed by atoms with van der Waals surface area (Å²) in [5.41, 5.74) is 1.75. The monoisotopic (exact) mass is 255 g/mol. The van der Waals surface area contributed by atoms with Crippen LogP contribution in [0.3, 0.4) is 0 Å². The van der Waals surface area contributed by atoms with E-state index >= 15 is 0 Å². The average molecular weight is 255 g/mol. The molecule has 0 saturated carbocycles. The highest BCUT2D eigenvalue weighted by Crippen LogP contribution is 2.19. The Morgan fingerprint density at radius 1 is 1.11 bits per heavy atom. The fourth-order valence-corrected chi connectivity index (χ4v) is 1.73. The fourth-order valence-electron chi connectivity index (χ4n) is 1.73. The number of rotatable bonds is 5. The van der Waals surface area contributed by atoms with Crippen LogP contribution in [0.25, 0.3) is 0 Å². The van der Waals surface area contributed by atoms with Crippen LogP contribution in [0.15, 0.2) is 59.6 Å². The maximum absolute atomic E-state index is 10.0. The maximum Gasteiger partial charge on any atom is 0.118 e. The first-order chi connectivity index (χ1) is 9.29. The second kappa shape index (κ2) is 6.71. The number of hydrogen-bond acceptors (Lipinski definition) is 3. The summed E-state index contributed by atoms with van der Waals surface area (Å²) in [4.78, 5) is 4.30. The van der Waals surface area contributed by atoms with Crippen molar-refractivity contribution in [1.29, 1.82) is 0 Å². The zero-order chi connectivity index (χ0) is 13.5. The van der Waals surface area contributed by atoms with Crippen LogP contribution in [0.4, 0.5) is 5.69 Å². The van der Waals surface area contributed by atoms with Crippen LogP contribution in [-0.4, -0.2) is 18.4 Å². The smallest absolute Gasteiger partial charge is 0.118 e. The number of para-hydroxylation sites is 1. The van der Waals surface area contributed by atoms with E-state index in [2.05, 4.69) is 4.99 Å². The van der Waals surface area contributed by atoms with Crippen molar-refractivity contribution >= 4 is 11.9 Å². The standard InChI is InChI=1S/C16H17NO2/c1-19-15-9-7-13(8-10-15)16(18)11-12-17-14-5-3-2-4-6-14/h2-10,12,16,18H,11H2,1H3. The lowest BCUT2D eigenvalue weighted by molar-refractivity contribution is 0.187. The van der Waals surface area contributed by atoms with Gasteiger partial charge in [0.15, 0.2) is 0 Å². The van der Waals surface area contributed by atoms with Crippen LogP contribution in [0.2, 0.25) is 0 Å². The molecule has 0 heterocycles. The van der Waals surface area contributed by atoms with Crippen molar-refractivity contribution in [2.45, 2.75) is 12.5 Å². The van der Waals surface area contributed by atoms with Gasteiger partial charge in [0.25, 0.3) is 0 Å². The summed E-state index contributed by atoms with van der Waals surface area (Å²) in [6.45, 7) is 0. The van der Waals surface area contributed by atoms with Crippen molar-refractivity contribution in [2.24, 2.45) is 4.99 Å². The number of benzene rings is 2. The van der Waals surface area contributed by atoms with Gasteiger partial charge in [0.05, 0.1) is 18.9 Å². The first-order valence-electron chi connectivity index (χ1n) is 6.19. The van der Waals surface area contributed by atoms with Crippen LogP contribution in [0.5, 0.6) is 5.75 Å². The summed E-state index contributed by atoms with van der Waals surface area (Å²) in [7, 11) is 1.62. The van der Waals surface area contributed by atoms with Gasteiger partial charge in [-0.3, -0.25) is 4.99 Å². The number of methoxy groups -OCH3 is 1. The molecule has 0 aliphatic carbocycles. The van der Waals surface area contributed by atoms with Crippen molar-refractivity contribution in [3.63, 3.8) is 0 Å². The van der Waals surface area contributed by atoms with Crippen LogP contribution in [0.1, 0.15) is 18.1 Å². The van der Waals surface area contributed by atoms with Crippen molar-refractivity contribution < 1.29 is 9.84 Å². The minimum Gasteiger partial charge on any atom is -0.497 e. The lowest BCUT2D eigenvalue weighted by atomic mass is 10.1. The highest BCUT2D eigenvalue weighted by Gasteiger charge is 2.05. The summed E-state index contributed by atoms with van der Waals surface area (Å²) in [6.07, 6.45) is 1.68. The van der Waals surface area contributed by atoms with Crippen molar-refractivity contribution in [1.82, 2.24) is 0 Å². The molecular weight excluding hydrogens is 238 g/mol. The summed E-state index contributed by atoms with van der Waals surface area (Å²) < 4.78 is 5.08. The molecule has 0 radical (unpaired) electrons. The highest BCUT2D eigenvalue weighted by molar-refractivity contribution is 5.63. The number of aliphatic hydroxyl groups excluding tert-OH is 1. The van der Waals surface area contributed by atoms with Crippen molar-refractivity contribution in [3.05, 3.63) is 60.2 Å². The number of aliphatic hydroxyl groups is 1. The molecule has 0 bridgehead atoms. The van der Waals surface area contributed by atoms with E-state index in [0.717, 1.165) is 17.0 Å². The molecule has 1 unspecified atom stereocenters. The maximum atomic E-state index is 10.0. The summed E-state index contributed by atoms with van der Waals surface area (Å²) in [5.74, 6) is 0.786. The summed E-state index contributed by atoms with van der Waals surface area (Å²) in [5, 5.41) is 10.0. The molecule has 0 amide bonds. The minimum atomic E-state index is -0.543. The third-order valence-electron chi connectivity index (χ3n) is 2.83. The van der Waals surface area contributed by atoms with Crippen LogP contribution >= 0.6 is 0 Å². The van der Waals surface area contributed by atoms with Gasteiger partial charge in [-0.2, -0.15) is 0 Å². The van der Waals surface area contributed by atoms with E-state index < -0.39 is 6.10 Å². The fraction of sp³-hybridized carbons (Fsp3) is 0.188. The second-order valence-electron chi connectivity index (χ2n) is 4.17. The molecule has 2 aromatic carbocycles. The minimum absolute atomic E-state index is 0.487. The zero-order valence-electron chi connectivity index (χ0n) is 10.9. The van der Waals surface area contributed by atoms with Gasteiger partial charge in [0.1, 0.15) is 5.75 Å². The Kier molecular flexibility index (Phi) is 4.70. The summed E-state index contributed by atoms with van der Waals surface area (Å²) >= 11 is 0.